The topological polar surface area (TPSA) is 15.3 Å². The molecule has 0 amide bonds. The molecule has 3 atom stereocenters. The lowest BCUT2D eigenvalue weighted by Gasteiger charge is -2.31. The van der Waals surface area contributed by atoms with Crippen molar-refractivity contribution in [1.29, 1.82) is 0 Å². The fourth-order valence-corrected chi connectivity index (χ4v) is 2.62. The van der Waals surface area contributed by atoms with E-state index in [-0.39, 0.29) is 0 Å². The van der Waals surface area contributed by atoms with Crippen LogP contribution in [0.2, 0.25) is 0 Å². The number of hydrogen-bond acceptors (Lipinski definition) is 2. The average Bonchev–Trinajstić information content (AvgIpc) is 2.47. The zero-order chi connectivity index (χ0) is 9.26. The molecule has 0 radical (unpaired) electrons. The minimum Gasteiger partial charge on any atom is -0.309 e. The van der Waals surface area contributed by atoms with Crippen LogP contribution in [0.25, 0.3) is 0 Å². The van der Waals surface area contributed by atoms with Crippen molar-refractivity contribution in [2.45, 2.75) is 18.9 Å². The molecule has 2 rings (SSSR count). The third-order valence-corrected chi connectivity index (χ3v) is 3.47. The first-order valence-corrected chi connectivity index (χ1v) is 5.84. The summed E-state index contributed by atoms with van der Waals surface area (Å²) in [7, 11) is 0. The number of rotatable bonds is 3. The molecule has 0 aromatic carbocycles. The summed E-state index contributed by atoms with van der Waals surface area (Å²) in [5.74, 6) is 0.889. The third-order valence-electron chi connectivity index (χ3n) is 3.19. The average molecular weight is 245 g/mol. The molecule has 2 aliphatic heterocycles. The van der Waals surface area contributed by atoms with Gasteiger partial charge in [0.25, 0.3) is 0 Å². The fraction of sp³-hybridized carbons (Fsp3) is 0.800. The second-order valence-corrected chi connectivity index (χ2v) is 5.26. The minimum absolute atomic E-state index is 0.730. The predicted octanol–water partition coefficient (Wildman–Crippen LogP) is 1.58. The van der Waals surface area contributed by atoms with Crippen molar-refractivity contribution in [3.63, 3.8) is 0 Å². The van der Waals surface area contributed by atoms with E-state index in [9.17, 15) is 0 Å². The minimum atomic E-state index is 0.730. The maximum absolute atomic E-state index is 3.84. The zero-order valence-electron chi connectivity index (χ0n) is 7.93. The van der Waals surface area contributed by atoms with Crippen molar-refractivity contribution in [1.82, 2.24) is 10.2 Å². The Morgan fingerprint density at radius 3 is 3.00 bits per heavy atom. The van der Waals surface area contributed by atoms with Gasteiger partial charge >= 0.3 is 0 Å². The molecule has 2 nitrogen and oxygen atoms in total. The van der Waals surface area contributed by atoms with Gasteiger partial charge in [-0.2, -0.15) is 0 Å². The Hall–Kier alpha value is 0.140. The summed E-state index contributed by atoms with van der Waals surface area (Å²) in [6.45, 7) is 8.67. The summed E-state index contributed by atoms with van der Waals surface area (Å²) < 4.78 is 1.06. The van der Waals surface area contributed by atoms with Gasteiger partial charge in [0.2, 0.25) is 0 Å². The van der Waals surface area contributed by atoms with Gasteiger partial charge in [-0.15, -0.1) is 0 Å². The maximum Gasteiger partial charge on any atom is 0.0268 e. The van der Waals surface area contributed by atoms with Gasteiger partial charge in [0.1, 0.15) is 0 Å². The summed E-state index contributed by atoms with van der Waals surface area (Å²) in [6, 6.07) is 0.730. The van der Waals surface area contributed by atoms with E-state index < -0.39 is 0 Å². The summed E-state index contributed by atoms with van der Waals surface area (Å²) in [5, 5.41) is 3.58. The van der Waals surface area contributed by atoms with Crippen molar-refractivity contribution in [3.8, 4) is 0 Å². The monoisotopic (exact) mass is 244 g/mol. The largest absolute Gasteiger partial charge is 0.309 e. The summed E-state index contributed by atoms with van der Waals surface area (Å²) in [6.07, 6.45) is 2.69. The highest BCUT2D eigenvalue weighted by Crippen LogP contribution is 2.27. The Bertz CT molecular complexity index is 205. The summed E-state index contributed by atoms with van der Waals surface area (Å²) in [5.41, 5.74) is 0. The molecule has 13 heavy (non-hydrogen) atoms. The fourth-order valence-electron chi connectivity index (χ4n) is 2.46. The molecule has 0 aromatic heterocycles. The predicted molar refractivity (Wildman–Crippen MR) is 59.0 cm³/mol. The SMILES string of the molecule is C=C(Br)CNC1CCN2CCC1C2. The summed E-state index contributed by atoms with van der Waals surface area (Å²) in [4.78, 5) is 2.58. The number of hydrogen-bond donors (Lipinski definition) is 1. The van der Waals surface area contributed by atoms with Crippen molar-refractivity contribution < 1.29 is 0 Å². The Morgan fingerprint density at radius 1 is 1.46 bits per heavy atom. The molecule has 3 heteroatoms. The van der Waals surface area contributed by atoms with Crippen molar-refractivity contribution in [2.75, 3.05) is 26.2 Å². The first-order valence-electron chi connectivity index (χ1n) is 5.05. The Labute approximate surface area is 88.5 Å². The van der Waals surface area contributed by atoms with E-state index >= 15 is 0 Å². The molecular weight excluding hydrogens is 228 g/mol. The highest BCUT2D eigenvalue weighted by atomic mass is 79.9. The summed E-state index contributed by atoms with van der Waals surface area (Å²) >= 11 is 3.39. The Morgan fingerprint density at radius 2 is 2.23 bits per heavy atom. The van der Waals surface area contributed by atoms with Crippen LogP contribution in [0.1, 0.15) is 12.8 Å². The highest BCUT2D eigenvalue weighted by Gasteiger charge is 2.33. The van der Waals surface area contributed by atoms with Gasteiger partial charge in [-0.3, -0.25) is 0 Å². The molecule has 0 aromatic rings. The molecule has 2 fully saturated rings. The normalized spacial score (nSPS) is 37.8. The lowest BCUT2D eigenvalue weighted by Crippen LogP contribution is -2.44. The molecule has 2 bridgehead atoms. The zero-order valence-corrected chi connectivity index (χ0v) is 9.52. The number of nitrogens with one attached hydrogen (secondary N) is 1. The standard InChI is InChI=1S/C10H17BrN2/c1-8(11)6-12-10-3-5-13-4-2-9(10)7-13/h9-10,12H,1-7H2. The van der Waals surface area contributed by atoms with Crippen LogP contribution in [-0.2, 0) is 0 Å². The molecular formula is C10H17BrN2. The van der Waals surface area contributed by atoms with Crippen LogP contribution >= 0.6 is 15.9 Å². The van der Waals surface area contributed by atoms with Crippen molar-refractivity contribution in [3.05, 3.63) is 11.1 Å². The van der Waals surface area contributed by atoms with Gasteiger partial charge in [0, 0.05) is 23.6 Å². The van der Waals surface area contributed by atoms with E-state index in [0.29, 0.717) is 0 Å². The second-order valence-electron chi connectivity index (χ2n) is 4.14. The smallest absolute Gasteiger partial charge is 0.0268 e. The molecule has 74 valence electrons. The molecule has 1 N–H and O–H groups in total. The van der Waals surface area contributed by atoms with Crippen molar-refractivity contribution in [2.24, 2.45) is 5.92 Å². The van der Waals surface area contributed by atoms with E-state index in [2.05, 4.69) is 32.7 Å². The maximum atomic E-state index is 3.84. The van der Waals surface area contributed by atoms with Crippen LogP contribution in [0.5, 0.6) is 0 Å². The lowest BCUT2D eigenvalue weighted by molar-refractivity contribution is 0.224. The quantitative estimate of drug-likeness (QED) is 0.812. The van der Waals surface area contributed by atoms with Crippen molar-refractivity contribution >= 4 is 15.9 Å². The van der Waals surface area contributed by atoms with E-state index in [0.717, 1.165) is 23.0 Å². The van der Waals surface area contributed by atoms with Gasteiger partial charge in [0.05, 0.1) is 0 Å². The molecule has 0 saturated carbocycles. The highest BCUT2D eigenvalue weighted by molar-refractivity contribution is 9.11. The Balaban J connectivity index is 1.82. The number of nitrogens with zero attached hydrogens (tertiary/aromatic N) is 1. The van der Waals surface area contributed by atoms with Gasteiger partial charge in [-0.05, 0) is 31.8 Å². The van der Waals surface area contributed by atoms with Crippen LogP contribution in [0.4, 0.5) is 0 Å². The van der Waals surface area contributed by atoms with Crippen LogP contribution in [-0.4, -0.2) is 37.1 Å². The molecule has 3 unspecified atom stereocenters. The van der Waals surface area contributed by atoms with E-state index in [4.69, 9.17) is 0 Å². The first-order chi connectivity index (χ1) is 6.25. The van der Waals surface area contributed by atoms with Crippen LogP contribution in [0.15, 0.2) is 11.1 Å². The van der Waals surface area contributed by atoms with Gasteiger partial charge in [-0.25, -0.2) is 0 Å². The molecule has 0 aliphatic carbocycles. The third kappa shape index (κ3) is 2.33. The molecule has 2 saturated heterocycles. The van der Waals surface area contributed by atoms with Gasteiger partial charge in [-0.1, -0.05) is 22.5 Å². The van der Waals surface area contributed by atoms with Gasteiger partial charge in [0.15, 0.2) is 0 Å². The number of halogens is 1. The molecule has 2 heterocycles. The lowest BCUT2D eigenvalue weighted by atomic mass is 9.94. The van der Waals surface area contributed by atoms with Gasteiger partial charge < -0.3 is 10.2 Å². The van der Waals surface area contributed by atoms with Crippen LogP contribution < -0.4 is 5.32 Å². The number of fused-ring (bicyclic) bond motifs is 2. The van der Waals surface area contributed by atoms with E-state index in [1.54, 1.807) is 0 Å². The molecule has 0 spiro atoms. The second kappa shape index (κ2) is 4.11. The van der Waals surface area contributed by atoms with E-state index in [1.807, 2.05) is 0 Å². The first kappa shape index (κ1) is 9.69. The number of piperidine rings is 1. The Kier molecular flexibility index (Phi) is 3.06. The van der Waals surface area contributed by atoms with Crippen LogP contribution in [0, 0.1) is 5.92 Å². The molecule has 2 aliphatic rings. The van der Waals surface area contributed by atoms with E-state index in [1.165, 1.54) is 32.5 Å². The van der Waals surface area contributed by atoms with Crippen LogP contribution in [0.3, 0.4) is 0 Å².